The number of hydrogen-bond donors (Lipinski definition) is 1. The van der Waals surface area contributed by atoms with Crippen molar-refractivity contribution in [3.05, 3.63) is 70.3 Å². The number of benzene rings is 2. The monoisotopic (exact) mass is 370 g/mol. The van der Waals surface area contributed by atoms with E-state index in [0.29, 0.717) is 18.2 Å². The van der Waals surface area contributed by atoms with Crippen molar-refractivity contribution in [1.29, 1.82) is 0 Å². The second-order valence-electron chi connectivity index (χ2n) is 5.84. The van der Waals surface area contributed by atoms with Gasteiger partial charge in [0.1, 0.15) is 5.56 Å². The number of carbonyl (C=O) groups is 1. The molecule has 2 aromatic carbocycles. The van der Waals surface area contributed by atoms with Crippen LogP contribution in [-0.2, 0) is 0 Å². The molecule has 1 N–H and O–H groups in total. The highest BCUT2D eigenvalue weighted by Gasteiger charge is 2.23. The van der Waals surface area contributed by atoms with E-state index in [0.717, 1.165) is 18.8 Å². The molecule has 0 atom stereocenters. The van der Waals surface area contributed by atoms with Gasteiger partial charge in [-0.25, -0.2) is 0 Å². The van der Waals surface area contributed by atoms with E-state index >= 15 is 0 Å². The molecule has 1 saturated heterocycles. The fourth-order valence-corrected chi connectivity index (χ4v) is 3.15. The minimum absolute atomic E-state index is 0.00257. The summed E-state index contributed by atoms with van der Waals surface area (Å²) in [7, 11) is 0. The standard InChI is InChI=1S/C18H18N4O3S/c23-17(15-8-4-5-9-16(15)22(24)25)19-18(26)21-12-10-20(11-13-21)14-6-2-1-3-7-14/h1-9H,10-13H2,(H,19,23,26). The topological polar surface area (TPSA) is 78.7 Å². The minimum Gasteiger partial charge on any atom is -0.368 e. The molecule has 1 amide bonds. The molecule has 0 saturated carbocycles. The molecule has 8 heteroatoms. The molecule has 1 aliphatic heterocycles. The van der Waals surface area contributed by atoms with Crippen molar-refractivity contribution in [2.75, 3.05) is 31.1 Å². The Morgan fingerprint density at radius 3 is 2.27 bits per heavy atom. The number of nitro benzene ring substituents is 1. The van der Waals surface area contributed by atoms with E-state index in [2.05, 4.69) is 22.3 Å². The number of rotatable bonds is 3. The first-order valence-electron chi connectivity index (χ1n) is 8.20. The van der Waals surface area contributed by atoms with E-state index in [-0.39, 0.29) is 11.3 Å². The summed E-state index contributed by atoms with van der Waals surface area (Å²) < 4.78 is 0. The minimum atomic E-state index is -0.573. The van der Waals surface area contributed by atoms with Crippen LogP contribution in [0.25, 0.3) is 0 Å². The van der Waals surface area contributed by atoms with Gasteiger partial charge in [0.25, 0.3) is 11.6 Å². The molecule has 0 radical (unpaired) electrons. The first-order valence-corrected chi connectivity index (χ1v) is 8.61. The smallest absolute Gasteiger partial charge is 0.282 e. The van der Waals surface area contributed by atoms with Gasteiger partial charge in [-0.15, -0.1) is 0 Å². The number of nitrogens with one attached hydrogen (secondary N) is 1. The van der Waals surface area contributed by atoms with Crippen molar-refractivity contribution in [3.63, 3.8) is 0 Å². The molecule has 0 spiro atoms. The maximum Gasteiger partial charge on any atom is 0.282 e. The highest BCUT2D eigenvalue weighted by atomic mass is 32.1. The molecular weight excluding hydrogens is 352 g/mol. The van der Waals surface area contributed by atoms with Crippen LogP contribution in [0, 0.1) is 10.1 Å². The van der Waals surface area contributed by atoms with Crippen LogP contribution < -0.4 is 10.2 Å². The highest BCUT2D eigenvalue weighted by Crippen LogP contribution is 2.18. The normalized spacial score (nSPS) is 14.0. The number of thiocarbonyl (C=S) groups is 1. The average Bonchev–Trinajstić information content (AvgIpc) is 2.68. The SMILES string of the molecule is O=C(NC(=S)N1CCN(c2ccccc2)CC1)c1ccccc1[N+](=O)[O-]. The lowest BCUT2D eigenvalue weighted by molar-refractivity contribution is -0.385. The Kier molecular flexibility index (Phi) is 5.43. The summed E-state index contributed by atoms with van der Waals surface area (Å²) in [5, 5.41) is 14.0. The third-order valence-electron chi connectivity index (χ3n) is 4.25. The molecule has 0 aromatic heterocycles. The highest BCUT2D eigenvalue weighted by molar-refractivity contribution is 7.80. The zero-order chi connectivity index (χ0) is 18.5. The predicted octanol–water partition coefficient (Wildman–Crippen LogP) is 2.43. The van der Waals surface area contributed by atoms with E-state index in [4.69, 9.17) is 12.2 Å². The van der Waals surface area contributed by atoms with E-state index < -0.39 is 10.8 Å². The van der Waals surface area contributed by atoms with Gasteiger partial charge in [0.2, 0.25) is 0 Å². The van der Waals surface area contributed by atoms with Crippen LogP contribution >= 0.6 is 12.2 Å². The summed E-state index contributed by atoms with van der Waals surface area (Å²) in [5.74, 6) is -0.562. The molecule has 7 nitrogen and oxygen atoms in total. The quantitative estimate of drug-likeness (QED) is 0.508. The van der Waals surface area contributed by atoms with Crippen molar-refractivity contribution in [2.45, 2.75) is 0 Å². The van der Waals surface area contributed by atoms with Gasteiger partial charge >= 0.3 is 0 Å². The average molecular weight is 370 g/mol. The fourth-order valence-electron chi connectivity index (χ4n) is 2.87. The van der Waals surface area contributed by atoms with Crippen LogP contribution in [0.2, 0.25) is 0 Å². The van der Waals surface area contributed by atoms with E-state index in [1.165, 1.54) is 18.2 Å². The number of nitro groups is 1. The maximum atomic E-state index is 12.4. The number of carbonyl (C=O) groups excluding carboxylic acids is 1. The van der Waals surface area contributed by atoms with Crippen molar-refractivity contribution in [2.24, 2.45) is 0 Å². The number of anilines is 1. The fraction of sp³-hybridized carbons (Fsp3) is 0.222. The lowest BCUT2D eigenvalue weighted by Gasteiger charge is -2.37. The van der Waals surface area contributed by atoms with Crippen LogP contribution in [0.4, 0.5) is 11.4 Å². The van der Waals surface area contributed by atoms with Gasteiger partial charge in [-0.1, -0.05) is 30.3 Å². The molecule has 0 bridgehead atoms. The molecule has 26 heavy (non-hydrogen) atoms. The number of nitrogens with zero attached hydrogens (tertiary/aromatic N) is 3. The molecular formula is C18H18N4O3S. The Bertz CT molecular complexity index is 820. The summed E-state index contributed by atoms with van der Waals surface area (Å²) in [6.45, 7) is 2.91. The number of hydrogen-bond acceptors (Lipinski definition) is 5. The third kappa shape index (κ3) is 3.97. The van der Waals surface area contributed by atoms with Crippen molar-refractivity contribution >= 4 is 34.6 Å². The second kappa shape index (κ2) is 7.92. The summed E-state index contributed by atoms with van der Waals surface area (Å²) in [6.07, 6.45) is 0. The molecule has 0 unspecified atom stereocenters. The van der Waals surface area contributed by atoms with Crippen molar-refractivity contribution in [3.8, 4) is 0 Å². The maximum absolute atomic E-state index is 12.4. The number of para-hydroxylation sites is 2. The molecule has 3 rings (SSSR count). The van der Waals surface area contributed by atoms with Gasteiger partial charge in [0, 0.05) is 37.9 Å². The lowest BCUT2D eigenvalue weighted by atomic mass is 10.1. The van der Waals surface area contributed by atoms with Crippen molar-refractivity contribution in [1.82, 2.24) is 10.2 Å². The van der Waals surface area contributed by atoms with Gasteiger partial charge in [-0.3, -0.25) is 20.2 Å². The summed E-state index contributed by atoms with van der Waals surface area (Å²) in [6, 6.07) is 15.9. The van der Waals surface area contributed by atoms with Crippen LogP contribution in [0.1, 0.15) is 10.4 Å². The molecule has 2 aromatic rings. The lowest BCUT2D eigenvalue weighted by Crippen LogP contribution is -2.52. The first kappa shape index (κ1) is 17.8. The largest absolute Gasteiger partial charge is 0.368 e. The summed E-state index contributed by atoms with van der Waals surface area (Å²) in [5.41, 5.74) is 0.923. The second-order valence-corrected chi connectivity index (χ2v) is 6.23. The molecule has 134 valence electrons. The van der Waals surface area contributed by atoms with Crippen LogP contribution in [0.5, 0.6) is 0 Å². The Balaban J connectivity index is 1.60. The zero-order valence-electron chi connectivity index (χ0n) is 14.0. The van der Waals surface area contributed by atoms with Crippen molar-refractivity contribution < 1.29 is 9.72 Å². The molecule has 0 aliphatic carbocycles. The van der Waals surface area contributed by atoms with Crippen LogP contribution in [0.15, 0.2) is 54.6 Å². The predicted molar refractivity (Wildman–Crippen MR) is 103 cm³/mol. The molecule has 1 heterocycles. The van der Waals surface area contributed by atoms with E-state index in [1.807, 2.05) is 23.1 Å². The molecule has 1 aliphatic rings. The Hall–Kier alpha value is -3.00. The van der Waals surface area contributed by atoms with E-state index in [1.54, 1.807) is 6.07 Å². The first-order chi connectivity index (χ1) is 12.6. The summed E-state index contributed by atoms with van der Waals surface area (Å²) in [4.78, 5) is 27.0. The summed E-state index contributed by atoms with van der Waals surface area (Å²) >= 11 is 5.32. The van der Waals surface area contributed by atoms with Crippen LogP contribution in [0.3, 0.4) is 0 Å². The van der Waals surface area contributed by atoms with Gasteiger partial charge in [-0.2, -0.15) is 0 Å². The van der Waals surface area contributed by atoms with Gasteiger partial charge in [0.05, 0.1) is 4.92 Å². The third-order valence-corrected chi connectivity index (χ3v) is 4.61. The zero-order valence-corrected chi connectivity index (χ0v) is 14.8. The number of amides is 1. The van der Waals surface area contributed by atoms with Gasteiger partial charge in [-0.05, 0) is 30.4 Å². The van der Waals surface area contributed by atoms with Crippen LogP contribution in [-0.4, -0.2) is 47.0 Å². The number of piperazine rings is 1. The van der Waals surface area contributed by atoms with Gasteiger partial charge < -0.3 is 9.80 Å². The molecule has 1 fully saturated rings. The Morgan fingerprint density at radius 1 is 1.00 bits per heavy atom. The van der Waals surface area contributed by atoms with Gasteiger partial charge in [0.15, 0.2) is 5.11 Å². The van der Waals surface area contributed by atoms with E-state index in [9.17, 15) is 14.9 Å². The Labute approximate surface area is 156 Å². The Morgan fingerprint density at radius 2 is 1.62 bits per heavy atom.